The van der Waals surface area contributed by atoms with Crippen molar-refractivity contribution in [3.05, 3.63) is 0 Å². The number of nitrogens with one attached hydrogen (secondary N) is 1. The standard InChI is InChI=1S/C13H28N2O/c1-3-10-15(13-6-7-13)11-9-14-8-5-12-16-4-2/h13-14H,3-12H2,1-2H3. The van der Waals surface area contributed by atoms with Crippen LogP contribution in [0.15, 0.2) is 0 Å². The molecule has 1 rings (SSSR count). The molecule has 1 fully saturated rings. The van der Waals surface area contributed by atoms with Gasteiger partial charge in [-0.25, -0.2) is 0 Å². The zero-order valence-electron chi connectivity index (χ0n) is 11.0. The first kappa shape index (κ1) is 13.9. The summed E-state index contributed by atoms with van der Waals surface area (Å²) < 4.78 is 5.30. The molecule has 16 heavy (non-hydrogen) atoms. The normalized spacial score (nSPS) is 15.9. The van der Waals surface area contributed by atoms with E-state index in [9.17, 15) is 0 Å². The number of ether oxygens (including phenoxy) is 1. The molecule has 0 unspecified atom stereocenters. The van der Waals surface area contributed by atoms with Crippen molar-refractivity contribution in [1.29, 1.82) is 0 Å². The van der Waals surface area contributed by atoms with Crippen LogP contribution in [0.4, 0.5) is 0 Å². The number of nitrogens with zero attached hydrogens (tertiary/aromatic N) is 1. The van der Waals surface area contributed by atoms with Crippen molar-refractivity contribution in [2.75, 3.05) is 39.4 Å². The van der Waals surface area contributed by atoms with Crippen LogP contribution in [0, 0.1) is 0 Å². The van der Waals surface area contributed by atoms with E-state index in [0.29, 0.717) is 0 Å². The Bertz CT molecular complexity index is 160. The molecule has 0 spiro atoms. The van der Waals surface area contributed by atoms with E-state index in [1.54, 1.807) is 0 Å². The van der Waals surface area contributed by atoms with Gasteiger partial charge in [0, 0.05) is 32.3 Å². The van der Waals surface area contributed by atoms with Crippen LogP contribution in [-0.2, 0) is 4.74 Å². The van der Waals surface area contributed by atoms with E-state index in [1.165, 1.54) is 32.4 Å². The second-order valence-electron chi connectivity index (χ2n) is 4.57. The molecule has 1 aliphatic carbocycles. The van der Waals surface area contributed by atoms with Gasteiger partial charge in [-0.15, -0.1) is 0 Å². The Morgan fingerprint density at radius 3 is 2.62 bits per heavy atom. The lowest BCUT2D eigenvalue weighted by Gasteiger charge is -2.21. The molecule has 0 aromatic carbocycles. The lowest BCUT2D eigenvalue weighted by Crippen LogP contribution is -2.34. The van der Waals surface area contributed by atoms with Crippen LogP contribution in [0.3, 0.4) is 0 Å². The predicted molar refractivity (Wildman–Crippen MR) is 68.9 cm³/mol. The Morgan fingerprint density at radius 1 is 1.19 bits per heavy atom. The second-order valence-corrected chi connectivity index (χ2v) is 4.57. The van der Waals surface area contributed by atoms with Gasteiger partial charge in [-0.05, 0) is 45.7 Å². The van der Waals surface area contributed by atoms with E-state index in [0.717, 1.165) is 38.8 Å². The molecule has 0 amide bonds. The van der Waals surface area contributed by atoms with Gasteiger partial charge in [-0.1, -0.05) is 6.92 Å². The van der Waals surface area contributed by atoms with Crippen LogP contribution in [0.1, 0.15) is 39.5 Å². The monoisotopic (exact) mass is 228 g/mol. The van der Waals surface area contributed by atoms with Gasteiger partial charge in [0.05, 0.1) is 0 Å². The average Bonchev–Trinajstić information content (AvgIpc) is 3.10. The molecule has 0 bridgehead atoms. The van der Waals surface area contributed by atoms with Crippen molar-refractivity contribution < 1.29 is 4.74 Å². The molecular formula is C13H28N2O. The summed E-state index contributed by atoms with van der Waals surface area (Å²) in [6.45, 7) is 10.7. The van der Waals surface area contributed by atoms with E-state index in [2.05, 4.69) is 17.1 Å². The lowest BCUT2D eigenvalue weighted by atomic mass is 10.3. The summed E-state index contributed by atoms with van der Waals surface area (Å²) in [5.41, 5.74) is 0. The minimum atomic E-state index is 0.839. The fourth-order valence-corrected chi connectivity index (χ4v) is 2.00. The first-order valence-electron chi connectivity index (χ1n) is 6.91. The molecule has 0 aromatic heterocycles. The van der Waals surface area contributed by atoms with Crippen LogP contribution >= 0.6 is 0 Å². The molecule has 3 heteroatoms. The molecule has 0 heterocycles. The van der Waals surface area contributed by atoms with E-state index in [-0.39, 0.29) is 0 Å². The third-order valence-electron chi connectivity index (χ3n) is 3.00. The minimum absolute atomic E-state index is 0.839. The molecule has 1 saturated carbocycles. The highest BCUT2D eigenvalue weighted by Crippen LogP contribution is 2.26. The lowest BCUT2D eigenvalue weighted by molar-refractivity contribution is 0.144. The van der Waals surface area contributed by atoms with Crippen molar-refractivity contribution in [3.8, 4) is 0 Å². The van der Waals surface area contributed by atoms with Crippen molar-refractivity contribution in [3.63, 3.8) is 0 Å². The Labute approximate surface area is 101 Å². The first-order valence-corrected chi connectivity index (χ1v) is 6.91. The SMILES string of the molecule is CCCN(CCNCCCOCC)C1CC1. The van der Waals surface area contributed by atoms with Crippen molar-refractivity contribution >= 4 is 0 Å². The molecular weight excluding hydrogens is 200 g/mol. The van der Waals surface area contributed by atoms with Gasteiger partial charge in [0.1, 0.15) is 0 Å². The van der Waals surface area contributed by atoms with Gasteiger partial charge in [0.2, 0.25) is 0 Å². The van der Waals surface area contributed by atoms with Crippen LogP contribution in [0.2, 0.25) is 0 Å². The van der Waals surface area contributed by atoms with E-state index in [1.807, 2.05) is 6.92 Å². The largest absolute Gasteiger partial charge is 0.382 e. The first-order chi connectivity index (χ1) is 7.88. The molecule has 1 aliphatic rings. The number of hydrogen-bond acceptors (Lipinski definition) is 3. The summed E-state index contributed by atoms with van der Waals surface area (Å²) in [5, 5.41) is 3.49. The average molecular weight is 228 g/mol. The molecule has 0 radical (unpaired) electrons. The van der Waals surface area contributed by atoms with Gasteiger partial charge in [0.25, 0.3) is 0 Å². The fraction of sp³-hybridized carbons (Fsp3) is 1.00. The highest BCUT2D eigenvalue weighted by molar-refractivity contribution is 4.84. The Morgan fingerprint density at radius 2 is 2.00 bits per heavy atom. The number of rotatable bonds is 11. The Kier molecular flexibility index (Phi) is 7.81. The summed E-state index contributed by atoms with van der Waals surface area (Å²) in [6.07, 6.45) is 5.25. The molecule has 0 atom stereocenters. The minimum Gasteiger partial charge on any atom is -0.382 e. The van der Waals surface area contributed by atoms with E-state index < -0.39 is 0 Å². The predicted octanol–water partition coefficient (Wildman–Crippen LogP) is 1.88. The van der Waals surface area contributed by atoms with Gasteiger partial charge in [-0.3, -0.25) is 4.90 Å². The summed E-state index contributed by atoms with van der Waals surface area (Å²) in [4.78, 5) is 2.63. The van der Waals surface area contributed by atoms with E-state index in [4.69, 9.17) is 4.74 Å². The van der Waals surface area contributed by atoms with Gasteiger partial charge < -0.3 is 10.1 Å². The Balaban J connectivity index is 1.88. The summed E-state index contributed by atoms with van der Waals surface area (Å²) in [5.74, 6) is 0. The second kappa shape index (κ2) is 8.97. The highest BCUT2D eigenvalue weighted by atomic mass is 16.5. The molecule has 0 aromatic rings. The van der Waals surface area contributed by atoms with Crippen LogP contribution in [-0.4, -0.2) is 50.3 Å². The number of hydrogen-bond donors (Lipinski definition) is 1. The summed E-state index contributed by atoms with van der Waals surface area (Å²) in [7, 11) is 0. The zero-order chi connectivity index (χ0) is 11.6. The third kappa shape index (κ3) is 6.46. The van der Waals surface area contributed by atoms with Gasteiger partial charge in [-0.2, -0.15) is 0 Å². The maximum Gasteiger partial charge on any atom is 0.0477 e. The quantitative estimate of drug-likeness (QED) is 0.546. The maximum absolute atomic E-state index is 5.30. The highest BCUT2D eigenvalue weighted by Gasteiger charge is 2.27. The maximum atomic E-state index is 5.30. The van der Waals surface area contributed by atoms with Crippen molar-refractivity contribution in [2.45, 2.75) is 45.6 Å². The van der Waals surface area contributed by atoms with Gasteiger partial charge >= 0.3 is 0 Å². The summed E-state index contributed by atoms with van der Waals surface area (Å²) in [6, 6.07) is 0.908. The molecule has 0 saturated heterocycles. The topological polar surface area (TPSA) is 24.5 Å². The van der Waals surface area contributed by atoms with Gasteiger partial charge in [0.15, 0.2) is 0 Å². The molecule has 96 valence electrons. The summed E-state index contributed by atoms with van der Waals surface area (Å²) >= 11 is 0. The van der Waals surface area contributed by atoms with Crippen LogP contribution < -0.4 is 5.32 Å². The fourth-order valence-electron chi connectivity index (χ4n) is 2.00. The molecule has 0 aliphatic heterocycles. The molecule has 1 N–H and O–H groups in total. The van der Waals surface area contributed by atoms with E-state index >= 15 is 0 Å². The third-order valence-corrected chi connectivity index (χ3v) is 3.00. The van der Waals surface area contributed by atoms with Crippen LogP contribution in [0.25, 0.3) is 0 Å². The zero-order valence-corrected chi connectivity index (χ0v) is 11.0. The van der Waals surface area contributed by atoms with Crippen LogP contribution in [0.5, 0.6) is 0 Å². The van der Waals surface area contributed by atoms with Crippen molar-refractivity contribution in [1.82, 2.24) is 10.2 Å². The smallest absolute Gasteiger partial charge is 0.0477 e. The molecule has 3 nitrogen and oxygen atoms in total. The van der Waals surface area contributed by atoms with Crippen molar-refractivity contribution in [2.24, 2.45) is 0 Å². The Hall–Kier alpha value is -0.120.